The van der Waals surface area contributed by atoms with Gasteiger partial charge in [-0.25, -0.2) is 4.98 Å². The lowest BCUT2D eigenvalue weighted by Crippen LogP contribution is -2.19. The second-order valence-corrected chi connectivity index (χ2v) is 3.11. The Morgan fingerprint density at radius 2 is 2.18 bits per heavy atom. The van der Waals surface area contributed by atoms with E-state index >= 15 is 0 Å². The number of rotatable bonds is 4. The lowest BCUT2D eigenvalue weighted by Gasteiger charge is -2.14. The third-order valence-electron chi connectivity index (χ3n) is 1.71. The molecule has 17 heavy (non-hydrogen) atoms. The minimum atomic E-state index is -4.89. The molecule has 0 aromatic carbocycles. The molecule has 0 radical (unpaired) electrons. The minimum Gasteiger partial charge on any atom is -0.478 e. The third-order valence-corrected chi connectivity index (χ3v) is 2.00. The number of hydrogen-bond donors (Lipinski definition) is 0. The van der Waals surface area contributed by atoms with Gasteiger partial charge >= 0.3 is 6.36 Å². The van der Waals surface area contributed by atoms with Crippen LogP contribution in [0.4, 0.5) is 13.2 Å². The summed E-state index contributed by atoms with van der Waals surface area (Å²) in [6.07, 6.45) is -4.52. The van der Waals surface area contributed by atoms with E-state index in [1.165, 1.54) is 0 Å². The van der Waals surface area contributed by atoms with E-state index in [-0.39, 0.29) is 17.1 Å². The number of hydrogen-bond acceptors (Lipinski definition) is 4. The molecular weight excluding hydrogens is 263 g/mol. The van der Waals surface area contributed by atoms with E-state index in [0.29, 0.717) is 6.29 Å². The topological polar surface area (TPSA) is 48.4 Å². The van der Waals surface area contributed by atoms with E-state index in [0.717, 1.165) is 13.2 Å². The fraction of sp³-hybridized carbons (Fsp3) is 0.333. The Kier molecular flexibility index (Phi) is 4.17. The number of methoxy groups -OCH3 is 1. The highest BCUT2D eigenvalue weighted by atomic mass is 35.5. The summed E-state index contributed by atoms with van der Waals surface area (Å²) in [5, 5.41) is 0. The minimum absolute atomic E-state index is 0.0297. The fourth-order valence-corrected chi connectivity index (χ4v) is 1.30. The van der Waals surface area contributed by atoms with Crippen LogP contribution in [-0.2, 0) is 5.88 Å². The van der Waals surface area contributed by atoms with E-state index in [9.17, 15) is 18.0 Å². The zero-order valence-corrected chi connectivity index (χ0v) is 9.30. The van der Waals surface area contributed by atoms with Crippen molar-refractivity contribution in [3.05, 3.63) is 17.3 Å². The number of aromatic nitrogens is 1. The molecule has 0 aliphatic carbocycles. The Morgan fingerprint density at radius 1 is 1.53 bits per heavy atom. The monoisotopic (exact) mass is 269 g/mol. The predicted molar refractivity (Wildman–Crippen MR) is 52.4 cm³/mol. The largest absolute Gasteiger partial charge is 0.573 e. The van der Waals surface area contributed by atoms with Gasteiger partial charge in [-0.2, -0.15) is 0 Å². The van der Waals surface area contributed by atoms with Gasteiger partial charge in [0.2, 0.25) is 0 Å². The fourth-order valence-electron chi connectivity index (χ4n) is 1.10. The molecule has 1 aromatic heterocycles. The molecule has 1 rings (SSSR count). The molecule has 0 amide bonds. The molecule has 8 heteroatoms. The third kappa shape index (κ3) is 3.48. The Morgan fingerprint density at radius 3 is 2.59 bits per heavy atom. The Hall–Kier alpha value is -1.50. The smallest absolute Gasteiger partial charge is 0.478 e. The maximum absolute atomic E-state index is 12.1. The van der Waals surface area contributed by atoms with Crippen LogP contribution >= 0.6 is 11.6 Å². The Bertz CT molecular complexity index is 397. The molecule has 0 spiro atoms. The van der Waals surface area contributed by atoms with Gasteiger partial charge in [-0.05, 0) is 6.07 Å². The summed E-state index contributed by atoms with van der Waals surface area (Å²) in [5.74, 6) is -1.35. The number of pyridine rings is 1. The van der Waals surface area contributed by atoms with E-state index in [1.807, 2.05) is 0 Å². The SMILES string of the molecule is COc1nc(C=O)cc(CCl)c1OC(F)(F)F. The second kappa shape index (κ2) is 5.22. The van der Waals surface area contributed by atoms with Gasteiger partial charge in [-0.1, -0.05) is 0 Å². The number of aldehydes is 1. The number of alkyl halides is 4. The number of halogens is 4. The van der Waals surface area contributed by atoms with Crippen molar-refractivity contribution in [1.82, 2.24) is 4.98 Å². The van der Waals surface area contributed by atoms with Crippen LogP contribution in [0.1, 0.15) is 16.1 Å². The zero-order valence-electron chi connectivity index (χ0n) is 8.55. The number of carbonyl (C=O) groups is 1. The zero-order chi connectivity index (χ0) is 13.1. The van der Waals surface area contributed by atoms with Crippen LogP contribution in [0, 0.1) is 0 Å². The quantitative estimate of drug-likeness (QED) is 0.622. The molecule has 4 nitrogen and oxygen atoms in total. The summed E-state index contributed by atoms with van der Waals surface area (Å²) in [6, 6.07) is 1.10. The summed E-state index contributed by atoms with van der Waals surface area (Å²) in [7, 11) is 1.11. The van der Waals surface area contributed by atoms with Gasteiger partial charge in [0.15, 0.2) is 12.0 Å². The van der Waals surface area contributed by atoms with Gasteiger partial charge in [0.1, 0.15) is 5.69 Å². The first-order valence-electron chi connectivity index (χ1n) is 4.26. The summed E-state index contributed by atoms with van der Waals surface area (Å²) >= 11 is 5.47. The molecule has 0 saturated carbocycles. The standard InChI is InChI=1S/C9H7ClF3NO3/c1-16-8-7(17-9(11,12)13)5(3-10)2-6(4-15)14-8/h2,4H,3H2,1H3. The molecule has 0 bridgehead atoms. The molecule has 0 saturated heterocycles. The van der Waals surface area contributed by atoms with Crippen molar-refractivity contribution >= 4 is 17.9 Å². The molecule has 1 heterocycles. The highest BCUT2D eigenvalue weighted by molar-refractivity contribution is 6.17. The van der Waals surface area contributed by atoms with Crippen molar-refractivity contribution in [2.45, 2.75) is 12.2 Å². The number of carbonyl (C=O) groups excluding carboxylic acids is 1. The lowest BCUT2D eigenvalue weighted by atomic mass is 10.2. The molecule has 1 aromatic rings. The molecule has 94 valence electrons. The molecule has 0 aliphatic heterocycles. The van der Waals surface area contributed by atoms with Crippen molar-refractivity contribution in [3.63, 3.8) is 0 Å². The maximum atomic E-state index is 12.1. The van der Waals surface area contributed by atoms with Gasteiger partial charge in [0, 0.05) is 5.56 Å². The summed E-state index contributed by atoms with van der Waals surface area (Å²) in [5.41, 5.74) is -0.120. The summed E-state index contributed by atoms with van der Waals surface area (Å²) in [4.78, 5) is 14.0. The molecule has 0 fully saturated rings. The van der Waals surface area contributed by atoms with E-state index in [1.54, 1.807) is 0 Å². The van der Waals surface area contributed by atoms with E-state index in [2.05, 4.69) is 14.5 Å². The van der Waals surface area contributed by atoms with E-state index in [4.69, 9.17) is 11.6 Å². The molecule has 0 aliphatic rings. The summed E-state index contributed by atoms with van der Waals surface area (Å²) < 4.78 is 44.8. The Balaban J connectivity index is 3.29. The van der Waals surface area contributed by atoms with Crippen LogP contribution in [-0.4, -0.2) is 24.7 Å². The highest BCUT2D eigenvalue weighted by Crippen LogP contribution is 2.35. The van der Waals surface area contributed by atoms with Crippen molar-refractivity contribution in [2.24, 2.45) is 0 Å². The molecular formula is C9H7ClF3NO3. The maximum Gasteiger partial charge on any atom is 0.573 e. The Labute approximate surface area is 99.3 Å². The van der Waals surface area contributed by atoms with Crippen LogP contribution in [0.2, 0.25) is 0 Å². The van der Waals surface area contributed by atoms with Gasteiger partial charge in [-0.15, -0.1) is 24.8 Å². The first kappa shape index (κ1) is 13.6. The predicted octanol–water partition coefficient (Wildman–Crippen LogP) is 2.54. The van der Waals surface area contributed by atoms with Gasteiger partial charge in [0.05, 0.1) is 13.0 Å². The molecule has 0 N–H and O–H groups in total. The number of nitrogens with zero attached hydrogens (tertiary/aromatic N) is 1. The van der Waals surface area contributed by atoms with Crippen LogP contribution in [0.3, 0.4) is 0 Å². The average molecular weight is 270 g/mol. The molecule has 0 unspecified atom stereocenters. The van der Waals surface area contributed by atoms with Crippen LogP contribution in [0.15, 0.2) is 6.07 Å². The van der Waals surface area contributed by atoms with Crippen LogP contribution in [0.5, 0.6) is 11.6 Å². The van der Waals surface area contributed by atoms with Crippen molar-refractivity contribution in [2.75, 3.05) is 7.11 Å². The van der Waals surface area contributed by atoms with Crippen LogP contribution < -0.4 is 9.47 Å². The van der Waals surface area contributed by atoms with Crippen molar-refractivity contribution in [3.8, 4) is 11.6 Å². The van der Waals surface area contributed by atoms with Gasteiger partial charge < -0.3 is 9.47 Å². The first-order chi connectivity index (χ1) is 7.91. The first-order valence-corrected chi connectivity index (χ1v) is 4.79. The van der Waals surface area contributed by atoms with Crippen molar-refractivity contribution in [1.29, 1.82) is 0 Å². The van der Waals surface area contributed by atoms with Gasteiger partial charge in [0.25, 0.3) is 5.88 Å². The highest BCUT2D eigenvalue weighted by Gasteiger charge is 2.34. The number of ether oxygens (including phenoxy) is 2. The second-order valence-electron chi connectivity index (χ2n) is 2.84. The average Bonchev–Trinajstić information content (AvgIpc) is 2.27. The van der Waals surface area contributed by atoms with Gasteiger partial charge in [-0.3, -0.25) is 4.79 Å². The lowest BCUT2D eigenvalue weighted by molar-refractivity contribution is -0.275. The van der Waals surface area contributed by atoms with Crippen LogP contribution in [0.25, 0.3) is 0 Å². The van der Waals surface area contributed by atoms with Crippen molar-refractivity contribution < 1.29 is 27.4 Å². The summed E-state index contributed by atoms with van der Waals surface area (Å²) in [6.45, 7) is 0. The normalized spacial score (nSPS) is 11.1. The van der Waals surface area contributed by atoms with E-state index < -0.39 is 18.0 Å². The molecule has 0 atom stereocenters.